The smallest absolute Gasteiger partial charge is 0.344 e. The number of amides is 1. The van der Waals surface area contributed by atoms with Gasteiger partial charge in [0.15, 0.2) is 0 Å². The predicted octanol–water partition coefficient (Wildman–Crippen LogP) is 2.04. The van der Waals surface area contributed by atoms with Gasteiger partial charge >= 0.3 is 6.03 Å². The summed E-state index contributed by atoms with van der Waals surface area (Å²) in [5, 5.41) is 15.7. The van der Waals surface area contributed by atoms with Crippen molar-refractivity contribution in [2.24, 2.45) is 0 Å². The van der Waals surface area contributed by atoms with E-state index in [0.29, 0.717) is 22.3 Å². The van der Waals surface area contributed by atoms with Gasteiger partial charge in [-0.15, -0.1) is 0 Å². The first-order valence-corrected chi connectivity index (χ1v) is 8.32. The van der Waals surface area contributed by atoms with E-state index < -0.39 is 0 Å². The standard InChI is InChI=1S/C15H14N6O2S/c1-8(2)18-15(23)21-13-10(6-17-21)12-11(5-16-13)14(22)20(19-12)9-3-4-24-7-9/h3-8,16H,1-2H3,(H,18,23). The third-order valence-electron chi connectivity index (χ3n) is 3.61. The van der Waals surface area contributed by atoms with E-state index in [-0.39, 0.29) is 17.6 Å². The van der Waals surface area contributed by atoms with Crippen LogP contribution in [0.3, 0.4) is 0 Å². The van der Waals surface area contributed by atoms with Crippen LogP contribution >= 0.6 is 11.3 Å². The van der Waals surface area contributed by atoms with E-state index in [1.54, 1.807) is 12.4 Å². The Balaban J connectivity index is 1.91. The fourth-order valence-corrected chi connectivity index (χ4v) is 3.17. The molecule has 2 aromatic heterocycles. The van der Waals surface area contributed by atoms with Crippen LogP contribution in [0.2, 0.25) is 0 Å². The summed E-state index contributed by atoms with van der Waals surface area (Å²) >= 11 is 1.49. The van der Waals surface area contributed by atoms with Crippen LogP contribution in [-0.4, -0.2) is 36.6 Å². The van der Waals surface area contributed by atoms with Crippen LogP contribution in [0.25, 0.3) is 28.0 Å². The number of aromatic nitrogens is 5. The lowest BCUT2D eigenvalue weighted by Crippen LogP contribution is -2.34. The number of aromatic amines is 1. The molecular formula is C15H14N6O2S. The van der Waals surface area contributed by atoms with E-state index >= 15 is 0 Å². The van der Waals surface area contributed by atoms with E-state index in [1.165, 1.54) is 20.7 Å². The van der Waals surface area contributed by atoms with E-state index in [2.05, 4.69) is 20.5 Å². The highest BCUT2D eigenvalue weighted by atomic mass is 32.1. The van der Waals surface area contributed by atoms with E-state index in [0.717, 1.165) is 5.69 Å². The first-order valence-electron chi connectivity index (χ1n) is 7.38. The number of nitrogens with one attached hydrogen (secondary N) is 2. The molecule has 4 rings (SSSR count). The van der Waals surface area contributed by atoms with Gasteiger partial charge in [0, 0.05) is 17.6 Å². The molecule has 0 unspecified atom stereocenters. The van der Waals surface area contributed by atoms with Crippen LogP contribution in [0.15, 0.2) is 34.0 Å². The Bertz CT molecular complexity index is 1060. The summed E-state index contributed by atoms with van der Waals surface area (Å²) in [6.45, 7) is 3.75. The third kappa shape index (κ3) is 2.13. The normalized spacial score (nSPS) is 11.6. The zero-order valence-corrected chi connectivity index (χ0v) is 13.8. The average Bonchev–Trinajstić information content (AvgIpc) is 3.23. The first-order chi connectivity index (χ1) is 11.6. The number of rotatable bonds is 2. The summed E-state index contributed by atoms with van der Waals surface area (Å²) in [6.07, 6.45) is 3.11. The highest BCUT2D eigenvalue weighted by molar-refractivity contribution is 7.08. The molecule has 0 spiro atoms. The molecule has 0 bridgehead atoms. The van der Waals surface area contributed by atoms with E-state index in [1.807, 2.05) is 30.7 Å². The fourth-order valence-electron chi connectivity index (χ4n) is 2.56. The van der Waals surface area contributed by atoms with Crippen LogP contribution in [0.5, 0.6) is 0 Å². The quantitative estimate of drug-likeness (QED) is 0.582. The number of fused-ring (bicyclic) bond motifs is 3. The number of hydrogen-bond acceptors (Lipinski definition) is 5. The second-order valence-electron chi connectivity index (χ2n) is 5.67. The van der Waals surface area contributed by atoms with Gasteiger partial charge in [-0.1, -0.05) is 0 Å². The molecule has 0 saturated carbocycles. The molecule has 4 heterocycles. The Kier molecular flexibility index (Phi) is 3.24. The molecule has 1 amide bonds. The van der Waals surface area contributed by atoms with Crippen molar-refractivity contribution in [3.8, 4) is 16.9 Å². The Labute approximate surface area is 140 Å². The highest BCUT2D eigenvalue weighted by Crippen LogP contribution is 2.26. The Morgan fingerprint density at radius 2 is 2.25 bits per heavy atom. The van der Waals surface area contributed by atoms with Crippen molar-refractivity contribution < 1.29 is 4.79 Å². The van der Waals surface area contributed by atoms with Crippen molar-refractivity contribution in [1.82, 2.24) is 29.9 Å². The van der Waals surface area contributed by atoms with E-state index in [9.17, 15) is 9.59 Å². The van der Waals surface area contributed by atoms with Crippen molar-refractivity contribution in [3.63, 3.8) is 0 Å². The molecule has 0 radical (unpaired) electrons. The van der Waals surface area contributed by atoms with Crippen molar-refractivity contribution in [3.05, 3.63) is 39.6 Å². The minimum atomic E-state index is -0.338. The van der Waals surface area contributed by atoms with Gasteiger partial charge in [0.2, 0.25) is 0 Å². The highest BCUT2D eigenvalue weighted by Gasteiger charge is 2.22. The van der Waals surface area contributed by atoms with Crippen molar-refractivity contribution in [2.75, 3.05) is 0 Å². The largest absolute Gasteiger partial charge is 0.345 e. The van der Waals surface area contributed by atoms with Crippen molar-refractivity contribution in [2.45, 2.75) is 19.9 Å². The van der Waals surface area contributed by atoms with Crippen LogP contribution in [0.1, 0.15) is 13.8 Å². The summed E-state index contributed by atoms with van der Waals surface area (Å²) in [5.74, 6) is 0. The number of carbonyl (C=O) groups excluding carboxylic acids is 1. The summed E-state index contributed by atoms with van der Waals surface area (Å²) in [4.78, 5) is 27.7. The molecule has 2 aliphatic heterocycles. The number of nitrogens with zero attached hydrogens (tertiary/aromatic N) is 4. The molecule has 2 aromatic rings. The molecule has 2 aliphatic rings. The molecule has 2 N–H and O–H groups in total. The lowest BCUT2D eigenvalue weighted by atomic mass is 10.2. The number of carbonyl (C=O) groups is 1. The Morgan fingerprint density at radius 3 is 2.96 bits per heavy atom. The Morgan fingerprint density at radius 1 is 1.42 bits per heavy atom. The predicted molar refractivity (Wildman–Crippen MR) is 91.0 cm³/mol. The summed E-state index contributed by atoms with van der Waals surface area (Å²) in [5.41, 5.74) is 1.98. The van der Waals surface area contributed by atoms with Crippen LogP contribution in [0.4, 0.5) is 4.79 Å². The van der Waals surface area contributed by atoms with Crippen LogP contribution in [-0.2, 0) is 0 Å². The van der Waals surface area contributed by atoms with Crippen molar-refractivity contribution >= 4 is 28.4 Å². The van der Waals surface area contributed by atoms with Gasteiger partial charge in [0.25, 0.3) is 5.56 Å². The molecule has 8 nitrogen and oxygen atoms in total. The first kappa shape index (κ1) is 14.6. The van der Waals surface area contributed by atoms with Gasteiger partial charge in [-0.05, 0) is 25.3 Å². The molecule has 122 valence electrons. The van der Waals surface area contributed by atoms with Gasteiger partial charge in [0.05, 0.1) is 22.8 Å². The maximum atomic E-state index is 12.5. The number of H-pyrrole nitrogens is 1. The van der Waals surface area contributed by atoms with Gasteiger partial charge in [-0.25, -0.2) is 4.79 Å². The molecule has 0 atom stereocenters. The molecule has 0 fully saturated rings. The molecule has 0 aromatic carbocycles. The van der Waals surface area contributed by atoms with E-state index in [4.69, 9.17) is 0 Å². The maximum Gasteiger partial charge on any atom is 0.344 e. The Hall–Kier alpha value is -2.94. The minimum absolute atomic E-state index is 0.00785. The minimum Gasteiger partial charge on any atom is -0.345 e. The topological polar surface area (TPSA) is 97.6 Å². The maximum absolute atomic E-state index is 12.5. The van der Waals surface area contributed by atoms with Crippen LogP contribution in [0, 0.1) is 0 Å². The van der Waals surface area contributed by atoms with Gasteiger partial charge in [-0.2, -0.15) is 30.9 Å². The van der Waals surface area contributed by atoms with Gasteiger partial charge in [-0.3, -0.25) is 4.79 Å². The molecule has 24 heavy (non-hydrogen) atoms. The lowest BCUT2D eigenvalue weighted by molar-refractivity contribution is 0.238. The third-order valence-corrected chi connectivity index (χ3v) is 4.28. The zero-order chi connectivity index (χ0) is 16.8. The SMILES string of the molecule is CC(C)NC(=O)n1ncc2c3nn(-c4ccsc4)c(=O)c-3c[nH]c21. The molecular weight excluding hydrogens is 328 g/mol. The second-order valence-corrected chi connectivity index (χ2v) is 6.45. The summed E-state index contributed by atoms with van der Waals surface area (Å²) in [6, 6.07) is 1.49. The van der Waals surface area contributed by atoms with Crippen LogP contribution < -0.4 is 10.9 Å². The van der Waals surface area contributed by atoms with Gasteiger partial charge in [0.1, 0.15) is 11.3 Å². The zero-order valence-electron chi connectivity index (χ0n) is 13.0. The number of thiophene rings is 1. The molecule has 0 saturated heterocycles. The molecule has 9 heteroatoms. The lowest BCUT2D eigenvalue weighted by Gasteiger charge is -2.08. The van der Waals surface area contributed by atoms with Gasteiger partial charge < -0.3 is 10.3 Å². The summed E-state index contributed by atoms with van der Waals surface area (Å²) < 4.78 is 2.60. The number of hydrogen-bond donors (Lipinski definition) is 2. The summed E-state index contributed by atoms with van der Waals surface area (Å²) in [7, 11) is 0. The second kappa shape index (κ2) is 5.31. The number of pyridine rings is 1. The fraction of sp³-hybridized carbons (Fsp3) is 0.200. The molecule has 0 aliphatic carbocycles. The average molecular weight is 342 g/mol. The monoisotopic (exact) mass is 342 g/mol. The van der Waals surface area contributed by atoms with Crippen molar-refractivity contribution in [1.29, 1.82) is 0 Å².